The third-order valence-electron chi connectivity index (χ3n) is 3.16. The second-order valence-corrected chi connectivity index (χ2v) is 4.93. The summed E-state index contributed by atoms with van der Waals surface area (Å²) in [4.78, 5) is 25.2. The summed E-state index contributed by atoms with van der Waals surface area (Å²) < 4.78 is 0. The van der Waals surface area contributed by atoms with Crippen molar-refractivity contribution in [2.45, 2.75) is 39.8 Å². The molecule has 1 saturated heterocycles. The lowest BCUT2D eigenvalue weighted by atomic mass is 9.94. The molecule has 0 saturated carbocycles. The van der Waals surface area contributed by atoms with Crippen molar-refractivity contribution >= 4 is 19.8 Å². The van der Waals surface area contributed by atoms with Crippen molar-refractivity contribution in [2.75, 3.05) is 0 Å². The van der Waals surface area contributed by atoms with Gasteiger partial charge in [0.15, 0.2) is 7.98 Å². The van der Waals surface area contributed by atoms with E-state index in [0.29, 0.717) is 6.42 Å². The summed E-state index contributed by atoms with van der Waals surface area (Å²) in [6, 6.07) is 0. The van der Waals surface area contributed by atoms with Crippen LogP contribution >= 0.6 is 0 Å². The van der Waals surface area contributed by atoms with Crippen molar-refractivity contribution in [1.82, 2.24) is 10.1 Å². The first-order valence-electron chi connectivity index (χ1n) is 5.37. The maximum Gasteiger partial charge on any atom is 0.234 e. The van der Waals surface area contributed by atoms with E-state index in [1.54, 1.807) is 7.98 Å². The van der Waals surface area contributed by atoms with Gasteiger partial charge in [-0.25, -0.2) is 0 Å². The van der Waals surface area contributed by atoms with E-state index in [-0.39, 0.29) is 23.7 Å². The molecule has 4 nitrogen and oxygen atoms in total. The second-order valence-electron chi connectivity index (χ2n) is 4.93. The van der Waals surface area contributed by atoms with Crippen LogP contribution in [0.3, 0.4) is 0 Å². The van der Waals surface area contributed by atoms with Crippen LogP contribution in [0.25, 0.3) is 0 Å². The molecule has 1 aliphatic rings. The fourth-order valence-corrected chi connectivity index (χ4v) is 1.88. The first-order valence-corrected chi connectivity index (χ1v) is 5.37. The highest BCUT2D eigenvalue weighted by atomic mass is 16.2. The molecule has 0 aromatic heterocycles. The molecule has 84 valence electrons. The standard InChI is InChI=1S/C10H19BN2O2/c1-6(2)7-5-8(14)13(9(7)15)10(3,4)12-11/h6-7,12H,5,11H2,1-4H3. The van der Waals surface area contributed by atoms with Crippen LogP contribution in [0.15, 0.2) is 0 Å². The van der Waals surface area contributed by atoms with Gasteiger partial charge < -0.3 is 5.23 Å². The average Bonchev–Trinajstić information content (AvgIpc) is 2.42. The summed E-state index contributed by atoms with van der Waals surface area (Å²) in [5.74, 6) is -0.0448. The molecule has 1 N–H and O–H groups in total. The van der Waals surface area contributed by atoms with Crippen molar-refractivity contribution in [1.29, 1.82) is 0 Å². The van der Waals surface area contributed by atoms with Crippen molar-refractivity contribution in [2.24, 2.45) is 11.8 Å². The smallest absolute Gasteiger partial charge is 0.234 e. The van der Waals surface area contributed by atoms with Crippen LogP contribution in [0.4, 0.5) is 0 Å². The molecule has 1 aliphatic heterocycles. The Morgan fingerprint density at radius 2 is 2.00 bits per heavy atom. The molecular formula is C10H19BN2O2. The van der Waals surface area contributed by atoms with Gasteiger partial charge in [-0.15, -0.1) is 0 Å². The van der Waals surface area contributed by atoms with E-state index < -0.39 is 5.66 Å². The van der Waals surface area contributed by atoms with Gasteiger partial charge in [-0.2, -0.15) is 0 Å². The number of hydrogen-bond acceptors (Lipinski definition) is 3. The lowest BCUT2D eigenvalue weighted by molar-refractivity contribution is -0.146. The van der Waals surface area contributed by atoms with Gasteiger partial charge in [0.25, 0.3) is 0 Å². The molecule has 0 aromatic carbocycles. The van der Waals surface area contributed by atoms with Crippen molar-refractivity contribution in [3.63, 3.8) is 0 Å². The number of carbonyl (C=O) groups is 2. The Morgan fingerprint density at radius 1 is 1.47 bits per heavy atom. The zero-order valence-corrected chi connectivity index (χ0v) is 10.1. The Labute approximate surface area is 91.8 Å². The number of nitrogens with one attached hydrogen (secondary N) is 1. The number of likely N-dealkylation sites (tertiary alicyclic amines) is 1. The zero-order chi connectivity index (χ0) is 11.8. The Bertz CT molecular complexity index is 289. The lowest BCUT2D eigenvalue weighted by Gasteiger charge is -2.34. The maximum absolute atomic E-state index is 12.0. The summed E-state index contributed by atoms with van der Waals surface area (Å²) in [5, 5.41) is 2.99. The van der Waals surface area contributed by atoms with Gasteiger partial charge in [0.2, 0.25) is 11.8 Å². The number of amides is 2. The fraction of sp³-hybridized carbons (Fsp3) is 0.800. The summed E-state index contributed by atoms with van der Waals surface area (Å²) in [7, 11) is 1.75. The number of carbonyl (C=O) groups excluding carboxylic acids is 2. The van der Waals surface area contributed by atoms with Gasteiger partial charge in [-0.05, 0) is 19.8 Å². The van der Waals surface area contributed by atoms with Crippen LogP contribution in [0, 0.1) is 11.8 Å². The third kappa shape index (κ3) is 2.07. The van der Waals surface area contributed by atoms with Crippen LogP contribution in [0.2, 0.25) is 0 Å². The fourth-order valence-electron chi connectivity index (χ4n) is 1.88. The van der Waals surface area contributed by atoms with E-state index in [1.807, 2.05) is 27.7 Å². The van der Waals surface area contributed by atoms with E-state index in [4.69, 9.17) is 0 Å². The Hall–Kier alpha value is -0.835. The molecule has 1 atom stereocenters. The highest BCUT2D eigenvalue weighted by molar-refractivity contribution is 6.07. The minimum atomic E-state index is -0.586. The normalized spacial score (nSPS) is 23.0. The lowest BCUT2D eigenvalue weighted by Crippen LogP contribution is -2.56. The Balaban J connectivity index is 2.94. The van der Waals surface area contributed by atoms with E-state index in [0.717, 1.165) is 0 Å². The molecular weight excluding hydrogens is 191 g/mol. The minimum Gasteiger partial charge on any atom is -0.341 e. The molecule has 1 unspecified atom stereocenters. The number of nitrogens with zero attached hydrogens (tertiary/aromatic N) is 1. The number of rotatable bonds is 3. The van der Waals surface area contributed by atoms with Crippen LogP contribution in [-0.2, 0) is 9.59 Å². The molecule has 2 amide bonds. The predicted octanol–water partition coefficient (Wildman–Crippen LogP) is -0.109. The van der Waals surface area contributed by atoms with Crippen LogP contribution < -0.4 is 5.23 Å². The van der Waals surface area contributed by atoms with Gasteiger partial charge in [-0.3, -0.25) is 14.5 Å². The van der Waals surface area contributed by atoms with Gasteiger partial charge in [0.05, 0.1) is 5.66 Å². The first kappa shape index (κ1) is 12.2. The van der Waals surface area contributed by atoms with E-state index in [9.17, 15) is 9.59 Å². The third-order valence-corrected chi connectivity index (χ3v) is 3.16. The average molecular weight is 210 g/mol. The predicted molar refractivity (Wildman–Crippen MR) is 60.6 cm³/mol. The van der Waals surface area contributed by atoms with Gasteiger partial charge in [0.1, 0.15) is 0 Å². The summed E-state index contributed by atoms with van der Waals surface area (Å²) >= 11 is 0. The van der Waals surface area contributed by atoms with Crippen LogP contribution in [0.1, 0.15) is 34.1 Å². The highest BCUT2D eigenvalue weighted by Gasteiger charge is 2.45. The van der Waals surface area contributed by atoms with Crippen LogP contribution in [0.5, 0.6) is 0 Å². The SMILES string of the molecule is BNC(C)(C)N1C(=O)CC(C(C)C)C1=O. The molecule has 0 aliphatic carbocycles. The molecule has 15 heavy (non-hydrogen) atoms. The minimum absolute atomic E-state index is 0.0469. The van der Waals surface area contributed by atoms with Crippen molar-refractivity contribution < 1.29 is 9.59 Å². The molecule has 0 bridgehead atoms. The molecule has 1 fully saturated rings. The van der Waals surface area contributed by atoms with Crippen molar-refractivity contribution in [3.05, 3.63) is 0 Å². The topological polar surface area (TPSA) is 49.4 Å². The molecule has 0 radical (unpaired) electrons. The van der Waals surface area contributed by atoms with Gasteiger partial charge in [0, 0.05) is 12.3 Å². The zero-order valence-electron chi connectivity index (χ0n) is 10.1. The van der Waals surface area contributed by atoms with Crippen LogP contribution in [-0.4, -0.2) is 30.4 Å². The maximum atomic E-state index is 12.0. The van der Waals surface area contributed by atoms with E-state index in [2.05, 4.69) is 5.23 Å². The van der Waals surface area contributed by atoms with Crippen molar-refractivity contribution in [3.8, 4) is 0 Å². The molecule has 5 heteroatoms. The van der Waals surface area contributed by atoms with Gasteiger partial charge in [-0.1, -0.05) is 13.8 Å². The Morgan fingerprint density at radius 3 is 2.33 bits per heavy atom. The van der Waals surface area contributed by atoms with E-state index in [1.165, 1.54) is 4.90 Å². The Kier molecular flexibility index (Phi) is 3.23. The highest BCUT2D eigenvalue weighted by Crippen LogP contribution is 2.30. The molecule has 0 spiro atoms. The number of imide groups is 1. The quantitative estimate of drug-likeness (QED) is 0.522. The summed E-state index contributed by atoms with van der Waals surface area (Å²) in [6.07, 6.45) is 0.349. The van der Waals surface area contributed by atoms with E-state index >= 15 is 0 Å². The first-order chi connectivity index (χ1) is 6.81. The van der Waals surface area contributed by atoms with Gasteiger partial charge >= 0.3 is 0 Å². The summed E-state index contributed by atoms with van der Waals surface area (Å²) in [6.45, 7) is 7.63. The molecule has 1 rings (SSSR count). The molecule has 0 aromatic rings. The number of hydrogen-bond donors (Lipinski definition) is 1. The summed E-state index contributed by atoms with van der Waals surface area (Å²) in [5.41, 5.74) is -0.586. The molecule has 1 heterocycles. The largest absolute Gasteiger partial charge is 0.341 e. The second kappa shape index (κ2) is 3.97. The monoisotopic (exact) mass is 210 g/mol.